The number of ether oxygens (including phenoxy) is 1. The summed E-state index contributed by atoms with van der Waals surface area (Å²) in [6.45, 7) is 2.05. The summed E-state index contributed by atoms with van der Waals surface area (Å²) in [4.78, 5) is 25.8. The Morgan fingerprint density at radius 1 is 1.04 bits per heavy atom. The zero-order valence-corrected chi connectivity index (χ0v) is 14.2. The number of likely N-dealkylation sites (N-methyl/N-ethyl adjacent to an activating group) is 1. The molecule has 0 spiro atoms. The summed E-state index contributed by atoms with van der Waals surface area (Å²) < 4.78 is 5.07. The molecular weight excluding hydrogens is 304 g/mol. The average molecular weight is 326 g/mol. The van der Waals surface area contributed by atoms with Gasteiger partial charge in [-0.3, -0.25) is 9.59 Å². The lowest BCUT2D eigenvalue weighted by atomic mass is 10.1. The first-order valence-electron chi connectivity index (χ1n) is 7.81. The van der Waals surface area contributed by atoms with E-state index < -0.39 is 0 Å². The second-order valence-electron chi connectivity index (χ2n) is 5.49. The van der Waals surface area contributed by atoms with E-state index in [4.69, 9.17) is 4.74 Å². The lowest BCUT2D eigenvalue weighted by molar-refractivity contribution is -0.116. The van der Waals surface area contributed by atoms with Gasteiger partial charge in [-0.1, -0.05) is 19.1 Å². The molecule has 126 valence electrons. The van der Waals surface area contributed by atoms with Crippen molar-refractivity contribution in [2.75, 3.05) is 26.0 Å². The smallest absolute Gasteiger partial charge is 0.254 e. The van der Waals surface area contributed by atoms with Crippen LogP contribution in [-0.2, 0) is 11.2 Å². The minimum atomic E-state index is -0.249. The molecule has 0 aliphatic carbocycles. The number of carbonyl (C=O) groups is 2. The zero-order chi connectivity index (χ0) is 17.5. The second kappa shape index (κ2) is 8.15. The minimum Gasteiger partial charge on any atom is -0.497 e. The number of anilines is 1. The molecule has 1 N–H and O–H groups in total. The topological polar surface area (TPSA) is 58.6 Å². The maximum absolute atomic E-state index is 12.3. The number of hydrogen-bond acceptors (Lipinski definition) is 3. The lowest BCUT2D eigenvalue weighted by Gasteiger charge is -2.17. The van der Waals surface area contributed by atoms with Gasteiger partial charge in [-0.15, -0.1) is 0 Å². The molecule has 0 aliphatic rings. The van der Waals surface area contributed by atoms with E-state index in [1.54, 1.807) is 50.6 Å². The molecule has 0 fully saturated rings. The highest BCUT2D eigenvalue weighted by Crippen LogP contribution is 2.15. The van der Waals surface area contributed by atoms with Crippen molar-refractivity contribution in [1.29, 1.82) is 0 Å². The van der Waals surface area contributed by atoms with Gasteiger partial charge in [0.2, 0.25) is 5.91 Å². The second-order valence-corrected chi connectivity index (χ2v) is 5.49. The van der Waals surface area contributed by atoms with Crippen molar-refractivity contribution < 1.29 is 14.3 Å². The Balaban J connectivity index is 1.92. The van der Waals surface area contributed by atoms with Crippen LogP contribution in [-0.4, -0.2) is 37.4 Å². The normalized spacial score (nSPS) is 10.1. The van der Waals surface area contributed by atoms with Crippen LogP contribution in [0.5, 0.6) is 5.75 Å². The number of aryl methyl sites for hydroxylation is 1. The SMILES string of the molecule is CCc1ccc(C(=O)N(C)CC(=O)Nc2ccc(OC)cc2)cc1. The van der Waals surface area contributed by atoms with Crippen molar-refractivity contribution in [3.8, 4) is 5.75 Å². The highest BCUT2D eigenvalue weighted by atomic mass is 16.5. The van der Waals surface area contributed by atoms with E-state index in [0.29, 0.717) is 11.3 Å². The van der Waals surface area contributed by atoms with Crippen molar-refractivity contribution in [2.24, 2.45) is 0 Å². The summed E-state index contributed by atoms with van der Waals surface area (Å²) in [5, 5.41) is 2.76. The maximum atomic E-state index is 12.3. The number of nitrogens with zero attached hydrogens (tertiary/aromatic N) is 1. The molecular formula is C19H22N2O3. The third-order valence-electron chi connectivity index (χ3n) is 3.71. The Morgan fingerprint density at radius 3 is 2.21 bits per heavy atom. The monoisotopic (exact) mass is 326 g/mol. The molecule has 0 bridgehead atoms. The number of methoxy groups -OCH3 is 1. The number of hydrogen-bond donors (Lipinski definition) is 1. The average Bonchev–Trinajstić information content (AvgIpc) is 2.61. The number of carbonyl (C=O) groups excluding carboxylic acids is 2. The molecule has 0 heterocycles. The van der Waals surface area contributed by atoms with E-state index in [1.807, 2.05) is 12.1 Å². The Bertz CT molecular complexity index is 694. The molecule has 0 radical (unpaired) electrons. The van der Waals surface area contributed by atoms with Gasteiger partial charge >= 0.3 is 0 Å². The summed E-state index contributed by atoms with van der Waals surface area (Å²) in [7, 11) is 3.20. The van der Waals surface area contributed by atoms with Gasteiger partial charge in [-0.2, -0.15) is 0 Å². The molecule has 0 aliphatic heterocycles. The van der Waals surface area contributed by atoms with Crippen molar-refractivity contribution in [3.05, 3.63) is 59.7 Å². The van der Waals surface area contributed by atoms with Crippen LogP contribution in [0.2, 0.25) is 0 Å². The van der Waals surface area contributed by atoms with E-state index in [-0.39, 0.29) is 18.4 Å². The zero-order valence-electron chi connectivity index (χ0n) is 14.2. The van der Waals surface area contributed by atoms with Gasteiger partial charge in [0.15, 0.2) is 0 Å². The van der Waals surface area contributed by atoms with Gasteiger partial charge in [0, 0.05) is 18.3 Å². The lowest BCUT2D eigenvalue weighted by Crippen LogP contribution is -2.34. The molecule has 5 nitrogen and oxygen atoms in total. The molecule has 24 heavy (non-hydrogen) atoms. The summed E-state index contributed by atoms with van der Waals surface area (Å²) in [5.74, 6) is 0.291. The number of benzene rings is 2. The first-order valence-corrected chi connectivity index (χ1v) is 7.81. The van der Waals surface area contributed by atoms with E-state index in [2.05, 4.69) is 12.2 Å². The third kappa shape index (κ3) is 4.59. The number of amides is 2. The molecule has 0 aromatic heterocycles. The first-order chi connectivity index (χ1) is 11.5. The van der Waals surface area contributed by atoms with Crippen LogP contribution in [0, 0.1) is 0 Å². The van der Waals surface area contributed by atoms with Crippen LogP contribution in [0.4, 0.5) is 5.69 Å². The molecule has 5 heteroatoms. The van der Waals surface area contributed by atoms with Crippen molar-refractivity contribution in [2.45, 2.75) is 13.3 Å². The Labute approximate surface area is 142 Å². The molecule has 0 atom stereocenters. The molecule has 0 saturated heterocycles. The van der Waals surface area contributed by atoms with E-state index in [9.17, 15) is 9.59 Å². The maximum Gasteiger partial charge on any atom is 0.254 e. The summed E-state index contributed by atoms with van der Waals surface area (Å²) in [5.41, 5.74) is 2.41. The van der Waals surface area contributed by atoms with Crippen LogP contribution in [0.25, 0.3) is 0 Å². The molecule has 0 saturated carbocycles. The fourth-order valence-corrected chi connectivity index (χ4v) is 2.27. The van der Waals surface area contributed by atoms with E-state index in [0.717, 1.165) is 12.2 Å². The van der Waals surface area contributed by atoms with Crippen LogP contribution in [0.1, 0.15) is 22.8 Å². The highest BCUT2D eigenvalue weighted by molar-refractivity contribution is 5.99. The van der Waals surface area contributed by atoms with Gasteiger partial charge in [0.25, 0.3) is 5.91 Å². The fraction of sp³-hybridized carbons (Fsp3) is 0.263. The standard InChI is InChI=1S/C19H22N2O3/c1-4-14-5-7-15(8-6-14)19(23)21(2)13-18(22)20-16-9-11-17(24-3)12-10-16/h5-12H,4,13H2,1-3H3,(H,20,22). The van der Waals surface area contributed by atoms with Crippen LogP contribution >= 0.6 is 0 Å². The number of nitrogens with one attached hydrogen (secondary N) is 1. The molecule has 2 aromatic rings. The summed E-state index contributed by atoms with van der Waals surface area (Å²) in [6.07, 6.45) is 0.925. The van der Waals surface area contributed by atoms with Crippen LogP contribution in [0.3, 0.4) is 0 Å². The Kier molecular flexibility index (Phi) is 5.95. The highest BCUT2D eigenvalue weighted by Gasteiger charge is 2.15. The van der Waals surface area contributed by atoms with Gasteiger partial charge < -0.3 is 15.0 Å². The molecule has 2 aromatic carbocycles. The van der Waals surface area contributed by atoms with Gasteiger partial charge in [0.05, 0.1) is 13.7 Å². The summed E-state index contributed by atoms with van der Waals surface area (Å²) >= 11 is 0. The van der Waals surface area contributed by atoms with Crippen molar-refractivity contribution in [3.63, 3.8) is 0 Å². The fourth-order valence-electron chi connectivity index (χ4n) is 2.27. The predicted octanol–water partition coefficient (Wildman–Crippen LogP) is 2.97. The van der Waals surface area contributed by atoms with Crippen LogP contribution < -0.4 is 10.1 Å². The summed E-state index contributed by atoms with van der Waals surface area (Å²) in [6, 6.07) is 14.5. The van der Waals surface area contributed by atoms with Gasteiger partial charge in [-0.05, 0) is 48.4 Å². The molecule has 2 amide bonds. The van der Waals surface area contributed by atoms with Crippen molar-refractivity contribution >= 4 is 17.5 Å². The predicted molar refractivity (Wildman–Crippen MR) is 94.4 cm³/mol. The van der Waals surface area contributed by atoms with Gasteiger partial charge in [-0.25, -0.2) is 0 Å². The quantitative estimate of drug-likeness (QED) is 0.888. The van der Waals surface area contributed by atoms with E-state index in [1.165, 1.54) is 10.5 Å². The Morgan fingerprint density at radius 2 is 1.67 bits per heavy atom. The Hall–Kier alpha value is -2.82. The van der Waals surface area contributed by atoms with Gasteiger partial charge in [0.1, 0.15) is 5.75 Å². The first kappa shape index (κ1) is 17.5. The largest absolute Gasteiger partial charge is 0.497 e. The third-order valence-corrected chi connectivity index (χ3v) is 3.71. The number of rotatable bonds is 6. The van der Waals surface area contributed by atoms with Crippen molar-refractivity contribution in [1.82, 2.24) is 4.90 Å². The van der Waals surface area contributed by atoms with Crippen LogP contribution in [0.15, 0.2) is 48.5 Å². The minimum absolute atomic E-state index is 0.0135. The molecule has 2 rings (SSSR count). The molecule has 0 unspecified atom stereocenters. The van der Waals surface area contributed by atoms with E-state index >= 15 is 0 Å².